The first-order valence-corrected chi connectivity index (χ1v) is 11.3. The van der Waals surface area contributed by atoms with Gasteiger partial charge in [-0.25, -0.2) is 14.7 Å². The Hall–Kier alpha value is -3.07. The summed E-state index contributed by atoms with van der Waals surface area (Å²) in [5, 5.41) is 1.36. The molecule has 2 aliphatic heterocycles. The molecule has 6 nitrogen and oxygen atoms in total. The topological polar surface area (TPSA) is 69.7 Å². The number of carbonyl (C=O) groups excluding carboxylic acids is 3. The molecular formula is C24H16BrClFN3O3. The monoisotopic (exact) mass is 527 g/mol. The summed E-state index contributed by atoms with van der Waals surface area (Å²) in [4.78, 5) is 41.5. The number of hydrogen-bond acceptors (Lipinski definition) is 4. The molecule has 3 atom stereocenters. The zero-order chi connectivity index (χ0) is 23.3. The molecule has 2 aliphatic rings. The van der Waals surface area contributed by atoms with E-state index in [4.69, 9.17) is 11.6 Å². The lowest BCUT2D eigenvalue weighted by atomic mass is 9.90. The number of hydrogen-bond donors (Lipinski definition) is 1. The largest absolute Gasteiger partial charge is 0.274 e. The van der Waals surface area contributed by atoms with Gasteiger partial charge in [0.1, 0.15) is 11.9 Å². The summed E-state index contributed by atoms with van der Waals surface area (Å²) in [5.74, 6) is -3.23. The van der Waals surface area contributed by atoms with Crippen molar-refractivity contribution in [2.45, 2.75) is 12.1 Å². The van der Waals surface area contributed by atoms with Crippen LogP contribution in [0.5, 0.6) is 0 Å². The highest BCUT2D eigenvalue weighted by atomic mass is 79.9. The van der Waals surface area contributed by atoms with Crippen LogP contribution in [0.1, 0.15) is 22.0 Å². The number of nitrogens with zero attached hydrogens (tertiary/aromatic N) is 2. The van der Waals surface area contributed by atoms with Crippen LogP contribution >= 0.6 is 27.5 Å². The van der Waals surface area contributed by atoms with Gasteiger partial charge in [0.15, 0.2) is 0 Å². The number of imide groups is 1. The van der Waals surface area contributed by atoms with Crippen LogP contribution in [0.3, 0.4) is 0 Å². The molecule has 0 spiro atoms. The summed E-state index contributed by atoms with van der Waals surface area (Å²) < 4.78 is 15.4. The fourth-order valence-electron chi connectivity index (χ4n) is 4.39. The number of hydrazine groups is 1. The van der Waals surface area contributed by atoms with E-state index in [-0.39, 0.29) is 16.3 Å². The minimum absolute atomic E-state index is 0.194. The van der Waals surface area contributed by atoms with E-state index in [1.54, 1.807) is 54.6 Å². The third-order valence-electron chi connectivity index (χ3n) is 5.86. The molecular weight excluding hydrogens is 513 g/mol. The number of nitrogens with one attached hydrogen (secondary N) is 1. The van der Waals surface area contributed by atoms with Gasteiger partial charge in [0.25, 0.3) is 11.8 Å². The Kier molecular flexibility index (Phi) is 5.52. The maximum absolute atomic E-state index is 14.7. The quantitative estimate of drug-likeness (QED) is 0.508. The van der Waals surface area contributed by atoms with Gasteiger partial charge in [-0.05, 0) is 36.4 Å². The molecule has 166 valence electrons. The number of fused-ring (bicyclic) bond motifs is 1. The van der Waals surface area contributed by atoms with Crippen LogP contribution < -0.4 is 10.3 Å². The standard InChI is InChI=1S/C24H16BrClFN3O3/c25-14-7-5-6-13(12-14)22(31)30-21-19(20(28-30)15-8-1-3-10-17(15)27)23(32)29(24(21)33)18-11-4-2-9-16(18)26/h1-12,19-21,28H/t19-,20-,21+/m1/s1. The maximum atomic E-state index is 14.7. The van der Waals surface area contributed by atoms with Crippen LogP contribution in [-0.2, 0) is 9.59 Å². The second-order valence-electron chi connectivity index (χ2n) is 7.75. The second kappa shape index (κ2) is 8.37. The third kappa shape index (κ3) is 3.55. The van der Waals surface area contributed by atoms with E-state index < -0.39 is 41.5 Å². The molecule has 0 radical (unpaired) electrons. The van der Waals surface area contributed by atoms with Crippen LogP contribution in [0.2, 0.25) is 5.02 Å². The lowest BCUT2D eigenvalue weighted by molar-refractivity contribution is -0.123. The van der Waals surface area contributed by atoms with Crippen LogP contribution in [0.15, 0.2) is 77.3 Å². The number of benzene rings is 3. The highest BCUT2D eigenvalue weighted by Crippen LogP contribution is 2.44. The first-order chi connectivity index (χ1) is 15.9. The van der Waals surface area contributed by atoms with E-state index in [1.807, 2.05) is 0 Å². The van der Waals surface area contributed by atoms with Crippen molar-refractivity contribution in [1.82, 2.24) is 10.4 Å². The first-order valence-electron chi connectivity index (χ1n) is 10.1. The predicted molar refractivity (Wildman–Crippen MR) is 124 cm³/mol. The number of rotatable bonds is 3. The van der Waals surface area contributed by atoms with Crippen molar-refractivity contribution < 1.29 is 18.8 Å². The summed E-state index contributed by atoms with van der Waals surface area (Å²) >= 11 is 9.61. The fraction of sp³-hybridized carbons (Fsp3) is 0.125. The van der Waals surface area contributed by atoms with E-state index in [2.05, 4.69) is 21.4 Å². The summed E-state index contributed by atoms with van der Waals surface area (Å²) in [6.07, 6.45) is 0. The molecule has 33 heavy (non-hydrogen) atoms. The molecule has 5 rings (SSSR count). The van der Waals surface area contributed by atoms with Gasteiger partial charge in [-0.1, -0.05) is 63.9 Å². The maximum Gasteiger partial charge on any atom is 0.268 e. The van der Waals surface area contributed by atoms with Gasteiger partial charge in [0, 0.05) is 15.6 Å². The van der Waals surface area contributed by atoms with Crippen molar-refractivity contribution in [2.24, 2.45) is 5.92 Å². The van der Waals surface area contributed by atoms with Crippen LogP contribution in [-0.4, -0.2) is 28.8 Å². The number of carbonyl (C=O) groups is 3. The number of para-hydroxylation sites is 1. The minimum Gasteiger partial charge on any atom is -0.274 e. The fourth-order valence-corrected chi connectivity index (χ4v) is 5.01. The van der Waals surface area contributed by atoms with Crippen LogP contribution in [0.4, 0.5) is 10.1 Å². The van der Waals surface area contributed by atoms with Gasteiger partial charge >= 0.3 is 0 Å². The molecule has 0 unspecified atom stereocenters. The van der Waals surface area contributed by atoms with E-state index in [1.165, 1.54) is 18.2 Å². The zero-order valence-corrected chi connectivity index (χ0v) is 19.3. The SMILES string of the molecule is O=C1[C@@H]2[C@@H](c3ccccc3F)NN(C(=O)c3cccc(Br)c3)[C@@H]2C(=O)N1c1ccccc1Cl. The molecule has 1 N–H and O–H groups in total. The molecule has 0 aliphatic carbocycles. The second-order valence-corrected chi connectivity index (χ2v) is 9.07. The Morgan fingerprint density at radius 3 is 2.42 bits per heavy atom. The average Bonchev–Trinajstić information content (AvgIpc) is 3.31. The van der Waals surface area contributed by atoms with Gasteiger partial charge in [-0.15, -0.1) is 0 Å². The molecule has 0 bridgehead atoms. The zero-order valence-electron chi connectivity index (χ0n) is 16.9. The van der Waals surface area contributed by atoms with Crippen molar-refractivity contribution in [3.8, 4) is 0 Å². The Labute approximate surface area is 202 Å². The number of amides is 3. The van der Waals surface area contributed by atoms with Crippen LogP contribution in [0, 0.1) is 11.7 Å². The molecule has 3 aromatic carbocycles. The Bertz CT molecular complexity index is 1300. The Balaban J connectivity index is 1.62. The summed E-state index contributed by atoms with van der Waals surface area (Å²) in [6, 6.07) is 17.1. The van der Waals surface area contributed by atoms with Crippen molar-refractivity contribution in [1.29, 1.82) is 0 Å². The highest BCUT2D eigenvalue weighted by Gasteiger charge is 2.61. The number of anilines is 1. The molecule has 2 saturated heterocycles. The van der Waals surface area contributed by atoms with E-state index in [0.717, 1.165) is 9.91 Å². The van der Waals surface area contributed by atoms with E-state index >= 15 is 0 Å². The minimum atomic E-state index is -1.16. The van der Waals surface area contributed by atoms with Crippen molar-refractivity contribution in [3.63, 3.8) is 0 Å². The van der Waals surface area contributed by atoms with Crippen molar-refractivity contribution in [3.05, 3.63) is 99.2 Å². The van der Waals surface area contributed by atoms with Gasteiger partial charge in [-0.2, -0.15) is 0 Å². The lowest BCUT2D eigenvalue weighted by Gasteiger charge is -2.25. The normalized spacial score (nSPS) is 22.1. The molecule has 3 aromatic rings. The molecule has 0 aromatic heterocycles. The molecule has 2 heterocycles. The van der Waals surface area contributed by atoms with Gasteiger partial charge in [-0.3, -0.25) is 19.4 Å². The van der Waals surface area contributed by atoms with Crippen LogP contribution in [0.25, 0.3) is 0 Å². The highest BCUT2D eigenvalue weighted by molar-refractivity contribution is 9.10. The molecule has 3 amide bonds. The Morgan fingerprint density at radius 1 is 0.970 bits per heavy atom. The first kappa shape index (κ1) is 21.8. The lowest BCUT2D eigenvalue weighted by Crippen LogP contribution is -2.48. The summed E-state index contributed by atoms with van der Waals surface area (Å²) in [7, 11) is 0. The average molecular weight is 529 g/mol. The molecule has 0 saturated carbocycles. The molecule has 2 fully saturated rings. The van der Waals surface area contributed by atoms with E-state index in [9.17, 15) is 18.8 Å². The van der Waals surface area contributed by atoms with Gasteiger partial charge < -0.3 is 0 Å². The Morgan fingerprint density at radius 2 is 1.70 bits per heavy atom. The van der Waals surface area contributed by atoms with Crippen molar-refractivity contribution in [2.75, 3.05) is 4.90 Å². The predicted octanol–water partition coefficient (Wildman–Crippen LogP) is 4.50. The summed E-state index contributed by atoms with van der Waals surface area (Å²) in [6.45, 7) is 0. The van der Waals surface area contributed by atoms with Gasteiger partial charge in [0.2, 0.25) is 5.91 Å². The van der Waals surface area contributed by atoms with Gasteiger partial charge in [0.05, 0.1) is 22.7 Å². The van der Waals surface area contributed by atoms with Crippen molar-refractivity contribution >= 4 is 50.9 Å². The van der Waals surface area contributed by atoms with E-state index in [0.29, 0.717) is 10.0 Å². The number of halogens is 3. The smallest absolute Gasteiger partial charge is 0.268 e. The third-order valence-corrected chi connectivity index (χ3v) is 6.67. The summed E-state index contributed by atoms with van der Waals surface area (Å²) in [5.41, 5.74) is 3.67. The molecule has 9 heteroatoms.